The zero-order valence-corrected chi connectivity index (χ0v) is 19.2. The van der Waals surface area contributed by atoms with Crippen LogP contribution in [0.15, 0.2) is 59.1 Å². The number of halogens is 1. The highest BCUT2D eigenvalue weighted by atomic mass is 35.5. The number of esters is 1. The van der Waals surface area contributed by atoms with Gasteiger partial charge in [-0.2, -0.15) is 4.98 Å². The lowest BCUT2D eigenvalue weighted by atomic mass is 10.1. The molecule has 0 radical (unpaired) electrons. The maximum absolute atomic E-state index is 12.5. The van der Waals surface area contributed by atoms with Crippen LogP contribution in [0.5, 0.6) is 0 Å². The zero-order chi connectivity index (χ0) is 23.2. The van der Waals surface area contributed by atoms with Crippen molar-refractivity contribution in [1.82, 2.24) is 15.1 Å². The summed E-state index contributed by atoms with van der Waals surface area (Å²) in [5.74, 6) is -0.0000372. The Morgan fingerprint density at radius 1 is 1.06 bits per heavy atom. The lowest BCUT2D eigenvalue weighted by Gasteiger charge is -2.01. The zero-order valence-electron chi connectivity index (χ0n) is 17.6. The monoisotopic (exact) mass is 482 g/mol. The van der Waals surface area contributed by atoms with Gasteiger partial charge in [0.2, 0.25) is 17.6 Å². The Hall–Kier alpha value is -3.56. The smallest absolute Gasteiger partial charge is 0.350 e. The molecule has 0 bridgehead atoms. The van der Waals surface area contributed by atoms with Crippen molar-refractivity contribution in [1.29, 1.82) is 0 Å². The fourth-order valence-electron chi connectivity index (χ4n) is 2.98. The second-order valence-electron chi connectivity index (χ2n) is 6.85. The Bertz CT molecular complexity index is 1260. The molecule has 0 atom stereocenters. The highest BCUT2D eigenvalue weighted by Crippen LogP contribution is 2.32. The average molecular weight is 483 g/mol. The van der Waals surface area contributed by atoms with E-state index in [4.69, 9.17) is 20.9 Å². The number of ether oxygens (including phenoxy) is 1. The van der Waals surface area contributed by atoms with Crippen LogP contribution in [0.25, 0.3) is 22.6 Å². The molecule has 1 amide bonds. The number of carbonyl (C=O) groups is 2. The molecule has 8 nitrogen and oxygen atoms in total. The lowest BCUT2D eigenvalue weighted by molar-refractivity contribution is -0.116. The van der Waals surface area contributed by atoms with E-state index >= 15 is 0 Å². The number of rotatable bonds is 8. The topological polar surface area (TPSA) is 107 Å². The molecule has 2 aromatic carbocycles. The minimum atomic E-state index is -0.477. The molecule has 4 aromatic rings. The summed E-state index contributed by atoms with van der Waals surface area (Å²) in [6, 6.07) is 16.3. The van der Waals surface area contributed by atoms with Crippen molar-refractivity contribution in [3.8, 4) is 22.6 Å². The molecule has 33 heavy (non-hydrogen) atoms. The molecule has 2 heterocycles. The van der Waals surface area contributed by atoms with Crippen molar-refractivity contribution in [3.63, 3.8) is 0 Å². The van der Waals surface area contributed by atoms with Gasteiger partial charge in [0.15, 0.2) is 5.13 Å². The first kappa shape index (κ1) is 22.6. The van der Waals surface area contributed by atoms with Gasteiger partial charge >= 0.3 is 5.97 Å². The van der Waals surface area contributed by atoms with Gasteiger partial charge in [0.25, 0.3) is 0 Å². The molecular formula is C23H19ClN4O4S. The molecule has 0 spiro atoms. The number of nitrogens with zero attached hydrogens (tertiary/aromatic N) is 3. The van der Waals surface area contributed by atoms with Crippen LogP contribution in [0.4, 0.5) is 5.13 Å². The van der Waals surface area contributed by atoms with Crippen LogP contribution in [0, 0.1) is 0 Å². The summed E-state index contributed by atoms with van der Waals surface area (Å²) in [5, 5.41) is 7.61. The van der Waals surface area contributed by atoms with E-state index in [0.29, 0.717) is 32.4 Å². The van der Waals surface area contributed by atoms with E-state index in [1.165, 1.54) is 0 Å². The Balaban J connectivity index is 1.42. The molecule has 0 saturated carbocycles. The van der Waals surface area contributed by atoms with Crippen molar-refractivity contribution >= 4 is 39.9 Å². The number of anilines is 1. The number of hydrogen-bond donors (Lipinski definition) is 1. The SMILES string of the molecule is CCOC(=O)c1sc(NC(=O)CCc2nc(-c3ccc(Cl)cc3)no2)nc1-c1ccccc1. The number of hydrogen-bond acceptors (Lipinski definition) is 8. The van der Waals surface area contributed by atoms with E-state index in [-0.39, 0.29) is 25.4 Å². The predicted octanol–water partition coefficient (Wildman–Crippen LogP) is 5.26. The molecule has 0 fully saturated rings. The van der Waals surface area contributed by atoms with Crippen molar-refractivity contribution in [2.24, 2.45) is 0 Å². The summed E-state index contributed by atoms with van der Waals surface area (Å²) in [7, 11) is 0. The minimum Gasteiger partial charge on any atom is -0.462 e. The Morgan fingerprint density at radius 2 is 1.82 bits per heavy atom. The summed E-state index contributed by atoms with van der Waals surface area (Å²) in [6.45, 7) is 1.98. The number of amides is 1. The maximum atomic E-state index is 12.5. The molecule has 0 aliphatic heterocycles. The number of carbonyl (C=O) groups excluding carboxylic acids is 2. The van der Waals surface area contributed by atoms with Gasteiger partial charge in [-0.25, -0.2) is 9.78 Å². The summed E-state index contributed by atoms with van der Waals surface area (Å²) in [6.07, 6.45) is 0.366. The molecular weight excluding hydrogens is 464 g/mol. The van der Waals surface area contributed by atoms with Gasteiger partial charge in [0.1, 0.15) is 4.88 Å². The van der Waals surface area contributed by atoms with E-state index in [1.807, 2.05) is 30.3 Å². The van der Waals surface area contributed by atoms with Gasteiger partial charge in [-0.15, -0.1) is 0 Å². The van der Waals surface area contributed by atoms with Gasteiger partial charge in [-0.3, -0.25) is 4.79 Å². The fourth-order valence-corrected chi connectivity index (χ4v) is 4.00. The highest BCUT2D eigenvalue weighted by molar-refractivity contribution is 7.18. The highest BCUT2D eigenvalue weighted by Gasteiger charge is 2.21. The van der Waals surface area contributed by atoms with E-state index in [1.54, 1.807) is 31.2 Å². The van der Waals surface area contributed by atoms with E-state index in [2.05, 4.69) is 20.4 Å². The second-order valence-corrected chi connectivity index (χ2v) is 8.29. The molecule has 2 aromatic heterocycles. The molecule has 0 aliphatic rings. The van der Waals surface area contributed by atoms with Crippen molar-refractivity contribution in [2.75, 3.05) is 11.9 Å². The molecule has 168 valence electrons. The lowest BCUT2D eigenvalue weighted by Crippen LogP contribution is -2.12. The number of aromatic nitrogens is 3. The van der Waals surface area contributed by atoms with E-state index in [9.17, 15) is 9.59 Å². The van der Waals surface area contributed by atoms with Crippen LogP contribution >= 0.6 is 22.9 Å². The standard InChI is InChI=1S/C23H19ClN4O4S/c1-2-31-22(30)20-19(14-6-4-3-5-7-14)27-23(33-20)25-17(29)12-13-18-26-21(28-32-18)15-8-10-16(24)11-9-15/h3-11H,2,12-13H2,1H3,(H,25,27,29). The summed E-state index contributed by atoms with van der Waals surface area (Å²) < 4.78 is 10.4. The van der Waals surface area contributed by atoms with Crippen LogP contribution in [0.3, 0.4) is 0 Å². The number of aryl methyl sites for hydroxylation is 1. The summed E-state index contributed by atoms with van der Waals surface area (Å²) in [5.41, 5.74) is 2.00. The second kappa shape index (κ2) is 10.4. The Kier molecular flexibility index (Phi) is 7.11. The van der Waals surface area contributed by atoms with Crippen LogP contribution in [-0.2, 0) is 16.0 Å². The van der Waals surface area contributed by atoms with Gasteiger partial charge in [0, 0.05) is 29.0 Å². The minimum absolute atomic E-state index is 0.108. The first-order chi connectivity index (χ1) is 16.0. The molecule has 1 N–H and O–H groups in total. The van der Waals surface area contributed by atoms with Gasteiger partial charge in [0.05, 0.1) is 12.3 Å². The van der Waals surface area contributed by atoms with Crippen LogP contribution in [0.2, 0.25) is 5.02 Å². The number of nitrogens with one attached hydrogen (secondary N) is 1. The first-order valence-corrected chi connectivity index (χ1v) is 11.3. The quantitative estimate of drug-likeness (QED) is 0.341. The van der Waals surface area contributed by atoms with Crippen molar-refractivity contribution in [2.45, 2.75) is 19.8 Å². The molecule has 0 aliphatic carbocycles. The molecule has 0 unspecified atom stereocenters. The first-order valence-electron chi connectivity index (χ1n) is 10.1. The van der Waals surface area contributed by atoms with Crippen molar-refractivity contribution in [3.05, 3.63) is 70.4 Å². The van der Waals surface area contributed by atoms with Gasteiger partial charge in [-0.05, 0) is 31.2 Å². The van der Waals surface area contributed by atoms with E-state index < -0.39 is 5.97 Å². The third kappa shape index (κ3) is 5.63. The van der Waals surface area contributed by atoms with Crippen LogP contribution in [-0.4, -0.2) is 33.6 Å². The molecule has 4 rings (SSSR count). The van der Waals surface area contributed by atoms with Crippen LogP contribution < -0.4 is 5.32 Å². The normalized spacial score (nSPS) is 10.7. The summed E-state index contributed by atoms with van der Waals surface area (Å²) in [4.78, 5) is 34.0. The number of benzene rings is 2. The van der Waals surface area contributed by atoms with Gasteiger partial charge in [-0.1, -0.05) is 58.4 Å². The summed E-state index contributed by atoms with van der Waals surface area (Å²) >= 11 is 6.97. The average Bonchev–Trinajstić information content (AvgIpc) is 3.46. The largest absolute Gasteiger partial charge is 0.462 e. The van der Waals surface area contributed by atoms with E-state index in [0.717, 1.165) is 22.5 Å². The molecule has 10 heteroatoms. The van der Waals surface area contributed by atoms with Gasteiger partial charge < -0.3 is 14.6 Å². The Labute approximate surface area is 198 Å². The number of thiazole rings is 1. The van der Waals surface area contributed by atoms with Crippen molar-refractivity contribution < 1.29 is 18.8 Å². The van der Waals surface area contributed by atoms with Crippen LogP contribution in [0.1, 0.15) is 28.9 Å². The third-order valence-corrected chi connectivity index (χ3v) is 5.72. The molecule has 0 saturated heterocycles. The maximum Gasteiger partial charge on any atom is 0.350 e. The predicted molar refractivity (Wildman–Crippen MR) is 125 cm³/mol. The Morgan fingerprint density at radius 3 is 2.55 bits per heavy atom. The fraction of sp³-hybridized carbons (Fsp3) is 0.174. The third-order valence-electron chi connectivity index (χ3n) is 4.52.